The van der Waals surface area contributed by atoms with Gasteiger partial charge in [-0.1, -0.05) is 23.2 Å². The van der Waals surface area contributed by atoms with Crippen molar-refractivity contribution in [2.24, 2.45) is 5.92 Å². The number of carboxylic acids is 1. The van der Waals surface area contributed by atoms with E-state index in [0.717, 1.165) is 0 Å². The van der Waals surface area contributed by atoms with Crippen LogP contribution in [0.15, 0.2) is 18.2 Å². The summed E-state index contributed by atoms with van der Waals surface area (Å²) in [6.45, 7) is 0.633. The fraction of sp³-hybridized carbons (Fsp3) is 0.400. The lowest BCUT2D eigenvalue weighted by molar-refractivity contribution is -0.145. The van der Waals surface area contributed by atoms with Crippen molar-refractivity contribution in [2.75, 3.05) is 19.6 Å². The first kappa shape index (κ1) is 17.6. The van der Waals surface area contributed by atoms with Crippen molar-refractivity contribution in [1.29, 1.82) is 0 Å². The Balaban J connectivity index is 1.83. The molecule has 1 aliphatic rings. The molecule has 0 saturated carbocycles. The van der Waals surface area contributed by atoms with Crippen molar-refractivity contribution >= 4 is 41.0 Å². The zero-order valence-corrected chi connectivity index (χ0v) is 13.7. The molecule has 23 heavy (non-hydrogen) atoms. The molecule has 0 aliphatic carbocycles. The van der Waals surface area contributed by atoms with E-state index < -0.39 is 17.8 Å². The average molecular weight is 359 g/mol. The van der Waals surface area contributed by atoms with Gasteiger partial charge in [-0.05, 0) is 31.0 Å². The second-order valence-electron chi connectivity index (χ2n) is 5.30. The molecule has 2 rings (SSSR count). The molecule has 0 bridgehead atoms. The van der Waals surface area contributed by atoms with Gasteiger partial charge in [0.25, 0.3) is 5.91 Å². The Morgan fingerprint density at radius 3 is 2.39 bits per heavy atom. The quantitative estimate of drug-likeness (QED) is 0.862. The average Bonchev–Trinajstić information content (AvgIpc) is 2.54. The second kappa shape index (κ2) is 7.66. The second-order valence-corrected chi connectivity index (χ2v) is 6.12. The highest BCUT2D eigenvalue weighted by Crippen LogP contribution is 2.22. The largest absolute Gasteiger partial charge is 0.481 e. The van der Waals surface area contributed by atoms with E-state index >= 15 is 0 Å². The first-order chi connectivity index (χ1) is 10.9. The number of hydrogen-bond acceptors (Lipinski definition) is 3. The summed E-state index contributed by atoms with van der Waals surface area (Å²) in [5.41, 5.74) is 0.316. The van der Waals surface area contributed by atoms with Gasteiger partial charge in [0.05, 0.1) is 22.5 Å². The van der Waals surface area contributed by atoms with E-state index in [-0.39, 0.29) is 17.5 Å². The summed E-state index contributed by atoms with van der Waals surface area (Å²) in [7, 11) is 0. The van der Waals surface area contributed by atoms with E-state index in [1.165, 1.54) is 18.2 Å². The number of nitrogens with zero attached hydrogens (tertiary/aromatic N) is 1. The van der Waals surface area contributed by atoms with E-state index in [2.05, 4.69) is 5.32 Å². The summed E-state index contributed by atoms with van der Waals surface area (Å²) in [6, 6.07) is 4.46. The van der Waals surface area contributed by atoms with Crippen LogP contribution in [0.25, 0.3) is 0 Å². The number of amides is 2. The topological polar surface area (TPSA) is 86.7 Å². The molecule has 2 N–H and O–H groups in total. The Labute approximate surface area is 143 Å². The zero-order chi connectivity index (χ0) is 17.0. The number of aliphatic carboxylic acids is 1. The van der Waals surface area contributed by atoms with Crippen LogP contribution in [0.3, 0.4) is 0 Å². The lowest BCUT2D eigenvalue weighted by Crippen LogP contribution is -2.45. The summed E-state index contributed by atoms with van der Waals surface area (Å²) in [4.78, 5) is 36.5. The fourth-order valence-corrected chi connectivity index (χ4v) is 2.68. The number of rotatable bonds is 4. The number of benzene rings is 1. The maximum Gasteiger partial charge on any atom is 0.306 e. The predicted molar refractivity (Wildman–Crippen MR) is 85.7 cm³/mol. The smallest absolute Gasteiger partial charge is 0.306 e. The molecule has 0 atom stereocenters. The Kier molecular flexibility index (Phi) is 5.85. The predicted octanol–water partition coefficient (Wildman–Crippen LogP) is 2.05. The Hall–Kier alpha value is -1.79. The Morgan fingerprint density at radius 2 is 1.83 bits per heavy atom. The molecule has 1 aliphatic heterocycles. The van der Waals surface area contributed by atoms with Gasteiger partial charge in [-0.15, -0.1) is 0 Å². The molecule has 0 unspecified atom stereocenters. The van der Waals surface area contributed by atoms with Crippen LogP contribution in [0.2, 0.25) is 10.0 Å². The zero-order valence-electron chi connectivity index (χ0n) is 12.2. The number of carbonyl (C=O) groups excluding carboxylic acids is 2. The molecule has 124 valence electrons. The molecule has 0 spiro atoms. The molecule has 2 amide bonds. The summed E-state index contributed by atoms with van der Waals surface area (Å²) in [5, 5.41) is 12.1. The van der Waals surface area contributed by atoms with Crippen LogP contribution in [0.4, 0.5) is 0 Å². The van der Waals surface area contributed by atoms with Crippen LogP contribution in [-0.4, -0.2) is 47.4 Å². The highest BCUT2D eigenvalue weighted by Gasteiger charge is 2.26. The van der Waals surface area contributed by atoms with Crippen molar-refractivity contribution in [3.8, 4) is 0 Å². The van der Waals surface area contributed by atoms with Gasteiger partial charge in [0.15, 0.2) is 0 Å². The van der Waals surface area contributed by atoms with Crippen LogP contribution >= 0.6 is 23.2 Å². The van der Waals surface area contributed by atoms with Gasteiger partial charge in [0.2, 0.25) is 5.91 Å². The van der Waals surface area contributed by atoms with E-state index in [1.807, 2.05) is 0 Å². The number of carboxylic acid groups (broad SMARTS) is 1. The molecule has 1 aromatic carbocycles. The molecule has 1 fully saturated rings. The van der Waals surface area contributed by atoms with Crippen molar-refractivity contribution in [1.82, 2.24) is 10.2 Å². The first-order valence-corrected chi connectivity index (χ1v) is 7.88. The highest BCUT2D eigenvalue weighted by atomic mass is 35.5. The van der Waals surface area contributed by atoms with E-state index in [0.29, 0.717) is 36.5 Å². The molecule has 1 heterocycles. The lowest BCUT2D eigenvalue weighted by atomic mass is 9.97. The van der Waals surface area contributed by atoms with Gasteiger partial charge in [-0.3, -0.25) is 14.4 Å². The van der Waals surface area contributed by atoms with Crippen LogP contribution in [0, 0.1) is 5.92 Å². The lowest BCUT2D eigenvalue weighted by Gasteiger charge is -2.30. The standard InChI is InChI=1S/C15H16Cl2N2O4/c16-11-2-1-10(7-12(11)17)14(21)18-8-13(20)19-5-3-9(4-6-19)15(22)23/h1-2,7,9H,3-6,8H2,(H,18,21)(H,22,23). The van der Waals surface area contributed by atoms with Gasteiger partial charge < -0.3 is 15.3 Å². The normalized spacial score (nSPS) is 15.3. The van der Waals surface area contributed by atoms with Crippen LogP contribution in [0.1, 0.15) is 23.2 Å². The van der Waals surface area contributed by atoms with Gasteiger partial charge in [0, 0.05) is 18.7 Å². The molecule has 1 saturated heterocycles. The number of carbonyl (C=O) groups is 3. The van der Waals surface area contributed by atoms with E-state index in [9.17, 15) is 14.4 Å². The number of hydrogen-bond donors (Lipinski definition) is 2. The van der Waals surface area contributed by atoms with Gasteiger partial charge in [-0.25, -0.2) is 0 Å². The monoisotopic (exact) mass is 358 g/mol. The third-order valence-electron chi connectivity index (χ3n) is 3.78. The number of likely N-dealkylation sites (tertiary alicyclic amines) is 1. The summed E-state index contributed by atoms with van der Waals surface area (Å²) in [5.74, 6) is -1.88. The first-order valence-electron chi connectivity index (χ1n) is 7.12. The maximum absolute atomic E-state index is 12.0. The molecule has 1 aromatic rings. The highest BCUT2D eigenvalue weighted by molar-refractivity contribution is 6.42. The minimum Gasteiger partial charge on any atom is -0.481 e. The summed E-state index contributed by atoms with van der Waals surface area (Å²) < 4.78 is 0. The number of piperidine rings is 1. The molecule has 0 aromatic heterocycles. The molecule has 0 radical (unpaired) electrons. The van der Waals surface area contributed by atoms with Crippen molar-refractivity contribution < 1.29 is 19.5 Å². The Bertz CT molecular complexity index is 628. The van der Waals surface area contributed by atoms with Gasteiger partial charge in [0.1, 0.15) is 0 Å². The van der Waals surface area contributed by atoms with Crippen LogP contribution in [0.5, 0.6) is 0 Å². The molecular formula is C15H16Cl2N2O4. The van der Waals surface area contributed by atoms with Crippen molar-refractivity contribution in [3.63, 3.8) is 0 Å². The van der Waals surface area contributed by atoms with Gasteiger partial charge >= 0.3 is 5.97 Å². The third-order valence-corrected chi connectivity index (χ3v) is 4.52. The third kappa shape index (κ3) is 4.59. The fourth-order valence-electron chi connectivity index (χ4n) is 2.38. The SMILES string of the molecule is O=C(NCC(=O)N1CCC(C(=O)O)CC1)c1ccc(Cl)c(Cl)c1. The van der Waals surface area contributed by atoms with Crippen molar-refractivity contribution in [2.45, 2.75) is 12.8 Å². The van der Waals surface area contributed by atoms with E-state index in [4.69, 9.17) is 28.3 Å². The van der Waals surface area contributed by atoms with E-state index in [1.54, 1.807) is 4.90 Å². The minimum absolute atomic E-state index is 0.142. The number of halogens is 2. The maximum atomic E-state index is 12.0. The van der Waals surface area contributed by atoms with Crippen LogP contribution < -0.4 is 5.32 Å². The van der Waals surface area contributed by atoms with Gasteiger partial charge in [-0.2, -0.15) is 0 Å². The number of nitrogens with one attached hydrogen (secondary N) is 1. The van der Waals surface area contributed by atoms with Crippen LogP contribution in [-0.2, 0) is 9.59 Å². The summed E-state index contributed by atoms with van der Waals surface area (Å²) >= 11 is 11.6. The molecular weight excluding hydrogens is 343 g/mol. The Morgan fingerprint density at radius 1 is 1.17 bits per heavy atom. The minimum atomic E-state index is -0.829. The summed E-state index contributed by atoms with van der Waals surface area (Å²) in [6.07, 6.45) is 0.865. The molecule has 6 nitrogen and oxygen atoms in total. The van der Waals surface area contributed by atoms with Crippen molar-refractivity contribution in [3.05, 3.63) is 33.8 Å². The molecule has 8 heteroatoms.